The fourth-order valence-electron chi connectivity index (χ4n) is 4.40. The summed E-state index contributed by atoms with van der Waals surface area (Å²) < 4.78 is 5.46. The maximum Gasteiger partial charge on any atom is 0.224 e. The molecule has 0 aromatic heterocycles. The Hall–Kier alpha value is -0.320. The summed E-state index contributed by atoms with van der Waals surface area (Å²) in [7, 11) is 0. The lowest BCUT2D eigenvalue weighted by atomic mass is 9.74. The number of carbonyl (C=O) groups is 1. The highest BCUT2D eigenvalue weighted by Crippen LogP contribution is 2.42. The molecule has 5 heteroatoms. The summed E-state index contributed by atoms with van der Waals surface area (Å²) >= 11 is 0. The summed E-state index contributed by atoms with van der Waals surface area (Å²) in [5.41, 5.74) is 0.445. The number of hydrogen-bond donors (Lipinski definition) is 1. The number of halogens is 1. The third kappa shape index (κ3) is 4.59. The molecular weight excluding hydrogens is 300 g/mol. The first-order valence-corrected chi connectivity index (χ1v) is 8.86. The Kier molecular flexibility index (Phi) is 6.97. The molecule has 1 saturated carbocycles. The predicted octanol–water partition coefficient (Wildman–Crippen LogP) is 2.75. The van der Waals surface area contributed by atoms with Crippen LogP contribution in [0, 0.1) is 5.41 Å². The molecule has 2 heterocycles. The van der Waals surface area contributed by atoms with E-state index >= 15 is 0 Å². The maximum atomic E-state index is 12.6. The normalized spacial score (nSPS) is 28.7. The lowest BCUT2D eigenvalue weighted by Gasteiger charge is -2.43. The SMILES string of the molecule is Cl.O=C(CC1COCCN1)N1CCCC2(CCCCCC2)C1. The third-order valence-corrected chi connectivity index (χ3v) is 5.60. The van der Waals surface area contributed by atoms with Gasteiger partial charge in [0.25, 0.3) is 0 Å². The fourth-order valence-corrected chi connectivity index (χ4v) is 4.40. The zero-order chi connectivity index (χ0) is 14.5. The lowest BCUT2D eigenvalue weighted by molar-refractivity contribution is -0.136. The van der Waals surface area contributed by atoms with Crippen LogP contribution < -0.4 is 5.32 Å². The molecule has 0 bridgehead atoms. The average molecular weight is 331 g/mol. The molecule has 4 nitrogen and oxygen atoms in total. The number of carbonyl (C=O) groups excluding carboxylic acids is 1. The van der Waals surface area contributed by atoms with Crippen molar-refractivity contribution in [3.05, 3.63) is 0 Å². The van der Waals surface area contributed by atoms with Gasteiger partial charge in [0.2, 0.25) is 5.91 Å². The molecule has 1 atom stereocenters. The van der Waals surface area contributed by atoms with Gasteiger partial charge in [-0.05, 0) is 31.1 Å². The van der Waals surface area contributed by atoms with Gasteiger partial charge in [-0.25, -0.2) is 0 Å². The van der Waals surface area contributed by atoms with Gasteiger partial charge in [0.1, 0.15) is 0 Å². The number of amides is 1. The van der Waals surface area contributed by atoms with Crippen LogP contribution in [0.25, 0.3) is 0 Å². The van der Waals surface area contributed by atoms with E-state index < -0.39 is 0 Å². The number of ether oxygens (including phenoxy) is 1. The first-order chi connectivity index (χ1) is 10.3. The van der Waals surface area contributed by atoms with Gasteiger partial charge < -0.3 is 15.0 Å². The van der Waals surface area contributed by atoms with E-state index in [-0.39, 0.29) is 18.4 Å². The molecule has 2 aliphatic heterocycles. The molecule has 1 unspecified atom stereocenters. The van der Waals surface area contributed by atoms with Gasteiger partial charge in [-0.15, -0.1) is 12.4 Å². The van der Waals surface area contributed by atoms with Crippen molar-refractivity contribution in [3.63, 3.8) is 0 Å². The Morgan fingerprint density at radius 3 is 2.55 bits per heavy atom. The first-order valence-electron chi connectivity index (χ1n) is 8.86. The minimum Gasteiger partial charge on any atom is -0.378 e. The Labute approximate surface area is 140 Å². The molecule has 22 heavy (non-hydrogen) atoms. The summed E-state index contributed by atoms with van der Waals surface area (Å²) in [6.45, 7) is 4.32. The quantitative estimate of drug-likeness (QED) is 0.846. The molecule has 1 aliphatic carbocycles. The molecular formula is C17H31ClN2O2. The minimum absolute atomic E-state index is 0. The van der Waals surface area contributed by atoms with E-state index in [2.05, 4.69) is 10.2 Å². The topological polar surface area (TPSA) is 41.6 Å². The van der Waals surface area contributed by atoms with Crippen molar-refractivity contribution in [2.45, 2.75) is 63.8 Å². The van der Waals surface area contributed by atoms with Crippen LogP contribution >= 0.6 is 12.4 Å². The number of piperidine rings is 1. The van der Waals surface area contributed by atoms with Crippen LogP contribution in [-0.4, -0.2) is 49.7 Å². The van der Waals surface area contributed by atoms with Crippen molar-refractivity contribution in [3.8, 4) is 0 Å². The average Bonchev–Trinajstić information content (AvgIpc) is 2.74. The fraction of sp³-hybridized carbons (Fsp3) is 0.941. The second-order valence-corrected chi connectivity index (χ2v) is 7.26. The van der Waals surface area contributed by atoms with Crippen molar-refractivity contribution in [1.29, 1.82) is 0 Å². The van der Waals surface area contributed by atoms with E-state index in [1.165, 1.54) is 51.4 Å². The molecule has 1 spiro atoms. The molecule has 0 aromatic carbocycles. The zero-order valence-corrected chi connectivity index (χ0v) is 14.5. The number of morpholine rings is 1. The first kappa shape index (κ1) is 18.0. The van der Waals surface area contributed by atoms with Gasteiger partial charge in [0, 0.05) is 32.1 Å². The standard InChI is InChI=1S/C17H30N2O2.ClH/c20-16(12-15-13-21-11-9-18-15)19-10-5-8-17(14-19)6-3-1-2-4-7-17;/h15,18H,1-14H2;1H. The van der Waals surface area contributed by atoms with Crippen LogP contribution in [0.5, 0.6) is 0 Å². The van der Waals surface area contributed by atoms with Crippen molar-refractivity contribution in [2.75, 3.05) is 32.8 Å². The van der Waals surface area contributed by atoms with Crippen molar-refractivity contribution in [1.82, 2.24) is 10.2 Å². The van der Waals surface area contributed by atoms with Gasteiger partial charge in [-0.2, -0.15) is 0 Å². The summed E-state index contributed by atoms with van der Waals surface area (Å²) in [5.74, 6) is 0.335. The van der Waals surface area contributed by atoms with E-state index in [1.807, 2.05) is 0 Å². The summed E-state index contributed by atoms with van der Waals surface area (Å²) in [6.07, 6.45) is 11.3. The molecule has 3 aliphatic rings. The Bertz CT molecular complexity index is 351. The monoisotopic (exact) mass is 330 g/mol. The molecule has 1 amide bonds. The molecule has 3 fully saturated rings. The van der Waals surface area contributed by atoms with Crippen molar-refractivity contribution < 1.29 is 9.53 Å². The minimum atomic E-state index is 0. The number of rotatable bonds is 2. The number of hydrogen-bond acceptors (Lipinski definition) is 3. The maximum absolute atomic E-state index is 12.6. The Morgan fingerprint density at radius 2 is 1.86 bits per heavy atom. The molecule has 1 N–H and O–H groups in total. The van der Waals surface area contributed by atoms with E-state index in [1.54, 1.807) is 0 Å². The molecule has 128 valence electrons. The van der Waals surface area contributed by atoms with Crippen molar-refractivity contribution >= 4 is 18.3 Å². The van der Waals surface area contributed by atoms with Crippen molar-refractivity contribution in [2.24, 2.45) is 5.41 Å². The van der Waals surface area contributed by atoms with Gasteiger partial charge >= 0.3 is 0 Å². The smallest absolute Gasteiger partial charge is 0.224 e. The highest BCUT2D eigenvalue weighted by Gasteiger charge is 2.37. The Morgan fingerprint density at radius 1 is 1.14 bits per heavy atom. The van der Waals surface area contributed by atoms with Gasteiger partial charge in [0.05, 0.1) is 13.2 Å². The van der Waals surface area contributed by atoms with Crippen LogP contribution in [0.4, 0.5) is 0 Å². The zero-order valence-electron chi connectivity index (χ0n) is 13.6. The third-order valence-electron chi connectivity index (χ3n) is 5.60. The molecule has 0 aromatic rings. The summed E-state index contributed by atoms with van der Waals surface area (Å²) in [6, 6.07) is 0.221. The van der Waals surface area contributed by atoms with E-state index in [9.17, 15) is 4.79 Å². The van der Waals surface area contributed by atoms with E-state index in [4.69, 9.17) is 4.74 Å². The lowest BCUT2D eigenvalue weighted by Crippen LogP contribution is -2.49. The number of likely N-dealkylation sites (tertiary alicyclic amines) is 1. The van der Waals surface area contributed by atoms with Crippen LogP contribution in [0.3, 0.4) is 0 Å². The predicted molar refractivity (Wildman–Crippen MR) is 90.4 cm³/mol. The van der Waals surface area contributed by atoms with Gasteiger partial charge in [-0.3, -0.25) is 4.79 Å². The largest absolute Gasteiger partial charge is 0.378 e. The van der Waals surface area contributed by atoms with Gasteiger partial charge in [-0.1, -0.05) is 25.7 Å². The van der Waals surface area contributed by atoms with Crippen LogP contribution in [0.1, 0.15) is 57.8 Å². The number of nitrogens with zero attached hydrogens (tertiary/aromatic N) is 1. The van der Waals surface area contributed by atoms with Gasteiger partial charge in [0.15, 0.2) is 0 Å². The molecule has 0 radical (unpaired) electrons. The van der Waals surface area contributed by atoms with E-state index in [0.29, 0.717) is 24.3 Å². The van der Waals surface area contributed by atoms with Crippen LogP contribution in [-0.2, 0) is 9.53 Å². The second-order valence-electron chi connectivity index (χ2n) is 7.26. The molecule has 3 rings (SSSR count). The molecule has 2 saturated heterocycles. The second kappa shape index (κ2) is 8.51. The summed E-state index contributed by atoms with van der Waals surface area (Å²) in [5, 5.41) is 3.40. The highest BCUT2D eigenvalue weighted by molar-refractivity contribution is 5.85. The summed E-state index contributed by atoms with van der Waals surface area (Å²) in [4.78, 5) is 14.8. The number of nitrogens with one attached hydrogen (secondary N) is 1. The highest BCUT2D eigenvalue weighted by atomic mass is 35.5. The van der Waals surface area contributed by atoms with Crippen LogP contribution in [0.15, 0.2) is 0 Å². The van der Waals surface area contributed by atoms with Crippen LogP contribution in [0.2, 0.25) is 0 Å². The Balaban J connectivity index is 0.00000176. The van der Waals surface area contributed by atoms with E-state index in [0.717, 1.165) is 26.2 Å².